The van der Waals surface area contributed by atoms with E-state index >= 15 is 0 Å². The van der Waals surface area contributed by atoms with E-state index in [0.717, 1.165) is 6.07 Å². The highest BCUT2D eigenvalue weighted by Gasteiger charge is 2.17. The van der Waals surface area contributed by atoms with Gasteiger partial charge in [0.25, 0.3) is 5.56 Å². The van der Waals surface area contributed by atoms with Crippen molar-refractivity contribution in [3.63, 3.8) is 0 Å². The number of hydrogen-bond donors (Lipinski definition) is 3. The second-order valence-corrected chi connectivity index (χ2v) is 8.51. The van der Waals surface area contributed by atoms with Crippen LogP contribution in [0, 0.1) is 5.82 Å². The van der Waals surface area contributed by atoms with Crippen molar-refractivity contribution in [1.82, 2.24) is 19.9 Å². The molecule has 0 aliphatic rings. The van der Waals surface area contributed by atoms with E-state index in [-0.39, 0.29) is 36.7 Å². The number of aromatic nitrogens is 3. The van der Waals surface area contributed by atoms with E-state index in [1.807, 2.05) is 0 Å². The first-order valence-corrected chi connectivity index (χ1v) is 12.2. The Morgan fingerprint density at radius 3 is 2.54 bits per heavy atom. The van der Waals surface area contributed by atoms with E-state index < -0.39 is 29.3 Å². The molecule has 3 N–H and O–H groups in total. The van der Waals surface area contributed by atoms with E-state index in [2.05, 4.69) is 20.6 Å². The molecule has 0 unspecified atom stereocenters. The number of amides is 2. The SMILES string of the molecule is CCOC(=O)c1ccc(NC(=O)NCc2ccn(-c3cc4nc(C(=O)OCC)c(=O)[nH]c4cc3Cl)c2)c(F)c1. The molecule has 13 heteroatoms. The summed E-state index contributed by atoms with van der Waals surface area (Å²) in [7, 11) is 0. The molecule has 2 aromatic heterocycles. The molecule has 39 heavy (non-hydrogen) atoms. The van der Waals surface area contributed by atoms with E-state index in [9.17, 15) is 23.6 Å². The van der Waals surface area contributed by atoms with Gasteiger partial charge < -0.3 is 29.7 Å². The monoisotopic (exact) mass is 555 g/mol. The Bertz CT molecular complexity index is 1630. The second kappa shape index (κ2) is 11.8. The van der Waals surface area contributed by atoms with Crippen LogP contribution in [0.25, 0.3) is 16.7 Å². The van der Waals surface area contributed by atoms with Crippen LogP contribution < -0.4 is 16.2 Å². The third kappa shape index (κ3) is 6.24. The summed E-state index contributed by atoms with van der Waals surface area (Å²) in [6.07, 6.45) is 3.41. The zero-order valence-electron chi connectivity index (χ0n) is 20.8. The molecule has 0 aliphatic heterocycles. The Balaban J connectivity index is 1.45. The van der Waals surface area contributed by atoms with Crippen LogP contribution in [-0.4, -0.2) is 45.7 Å². The summed E-state index contributed by atoms with van der Waals surface area (Å²) in [5.74, 6) is -2.28. The quantitative estimate of drug-likeness (QED) is 0.277. The van der Waals surface area contributed by atoms with E-state index in [1.54, 1.807) is 42.9 Å². The van der Waals surface area contributed by atoms with E-state index in [1.165, 1.54) is 18.2 Å². The number of aromatic amines is 1. The highest BCUT2D eigenvalue weighted by molar-refractivity contribution is 6.33. The van der Waals surface area contributed by atoms with Crippen molar-refractivity contribution in [2.24, 2.45) is 0 Å². The van der Waals surface area contributed by atoms with Crippen molar-refractivity contribution in [2.45, 2.75) is 20.4 Å². The van der Waals surface area contributed by atoms with Crippen molar-refractivity contribution < 1.29 is 28.2 Å². The summed E-state index contributed by atoms with van der Waals surface area (Å²) >= 11 is 6.43. The number of fused-ring (bicyclic) bond motifs is 1. The molecule has 11 nitrogen and oxygen atoms in total. The predicted octanol–water partition coefficient (Wildman–Crippen LogP) is 4.18. The molecule has 0 aliphatic carbocycles. The Morgan fingerprint density at radius 2 is 1.82 bits per heavy atom. The number of nitrogens with one attached hydrogen (secondary N) is 3. The molecule has 0 radical (unpaired) electrons. The number of halogens is 2. The van der Waals surface area contributed by atoms with Crippen LogP contribution in [0.4, 0.5) is 14.9 Å². The van der Waals surface area contributed by atoms with Gasteiger partial charge in [0.15, 0.2) is 0 Å². The minimum absolute atomic E-state index is 0.0349. The number of esters is 2. The van der Waals surface area contributed by atoms with Gasteiger partial charge in [0.05, 0.1) is 46.2 Å². The number of rotatable bonds is 8. The van der Waals surface area contributed by atoms with Crippen molar-refractivity contribution in [3.8, 4) is 5.69 Å². The molecule has 202 valence electrons. The van der Waals surface area contributed by atoms with Gasteiger partial charge in [-0.15, -0.1) is 0 Å². The summed E-state index contributed by atoms with van der Waals surface area (Å²) < 4.78 is 25.7. The van der Waals surface area contributed by atoms with Gasteiger partial charge in [0.2, 0.25) is 5.69 Å². The van der Waals surface area contributed by atoms with Crippen molar-refractivity contribution >= 4 is 46.3 Å². The topological polar surface area (TPSA) is 144 Å². The van der Waals surface area contributed by atoms with Gasteiger partial charge in [-0.05, 0) is 55.8 Å². The molecule has 4 rings (SSSR count). The Morgan fingerprint density at radius 1 is 1.08 bits per heavy atom. The largest absolute Gasteiger partial charge is 0.462 e. The number of nitrogens with zero attached hydrogens (tertiary/aromatic N) is 2. The zero-order valence-corrected chi connectivity index (χ0v) is 21.6. The van der Waals surface area contributed by atoms with Crippen LogP contribution in [0.3, 0.4) is 0 Å². The van der Waals surface area contributed by atoms with Gasteiger partial charge in [-0.2, -0.15) is 0 Å². The third-order valence-electron chi connectivity index (χ3n) is 5.44. The molecule has 0 spiro atoms. The van der Waals surface area contributed by atoms with Gasteiger partial charge in [-0.3, -0.25) is 4.79 Å². The highest BCUT2D eigenvalue weighted by Crippen LogP contribution is 2.26. The summed E-state index contributed by atoms with van der Waals surface area (Å²) in [6, 6.07) is 7.80. The first kappa shape index (κ1) is 27.3. The molecular formula is C26H23ClFN5O6. The lowest BCUT2D eigenvalue weighted by molar-refractivity contribution is 0.0511. The molecule has 0 saturated carbocycles. The third-order valence-corrected chi connectivity index (χ3v) is 5.75. The number of benzene rings is 2. The molecule has 4 aromatic rings. The second-order valence-electron chi connectivity index (χ2n) is 8.11. The molecule has 0 bridgehead atoms. The maximum atomic E-state index is 14.3. The van der Waals surface area contributed by atoms with Gasteiger partial charge in [0, 0.05) is 18.9 Å². The Hall–Kier alpha value is -4.71. The highest BCUT2D eigenvalue weighted by atomic mass is 35.5. The van der Waals surface area contributed by atoms with Gasteiger partial charge >= 0.3 is 18.0 Å². The van der Waals surface area contributed by atoms with Crippen LogP contribution >= 0.6 is 11.6 Å². The van der Waals surface area contributed by atoms with Crippen molar-refractivity contribution in [2.75, 3.05) is 18.5 Å². The minimum Gasteiger partial charge on any atom is -0.462 e. The number of urea groups is 1. The maximum absolute atomic E-state index is 14.3. The van der Waals surface area contributed by atoms with E-state index in [4.69, 9.17) is 21.1 Å². The van der Waals surface area contributed by atoms with Gasteiger partial charge in [-0.25, -0.2) is 23.8 Å². The smallest absolute Gasteiger partial charge is 0.362 e. The minimum atomic E-state index is -0.834. The summed E-state index contributed by atoms with van der Waals surface area (Å²) in [6.45, 7) is 3.62. The van der Waals surface area contributed by atoms with E-state index in [0.29, 0.717) is 27.3 Å². The molecule has 0 fully saturated rings. The summed E-state index contributed by atoms with van der Waals surface area (Å²) in [5.41, 5.74) is 0.747. The fraction of sp³-hybridized carbons (Fsp3) is 0.192. The van der Waals surface area contributed by atoms with Gasteiger partial charge in [-0.1, -0.05) is 11.6 Å². The van der Waals surface area contributed by atoms with Gasteiger partial charge in [0.1, 0.15) is 5.82 Å². The van der Waals surface area contributed by atoms with Crippen LogP contribution in [0.2, 0.25) is 5.02 Å². The standard InChI is InChI=1S/C26H23ClFN5O6/c1-3-38-24(35)15-5-6-18(17(28)9-15)32-26(37)29-12-14-7-8-33(13-14)21-11-20-19(10-16(21)27)31-23(34)22(30-20)25(36)39-4-2/h5-11,13H,3-4,12H2,1-2H3,(H,31,34)(H2,29,32,37). The lowest BCUT2D eigenvalue weighted by atomic mass is 10.2. The first-order chi connectivity index (χ1) is 18.7. The number of carbonyl (C=O) groups is 3. The van der Waals surface area contributed by atoms with Crippen LogP contribution in [0.1, 0.15) is 40.3 Å². The van der Waals surface area contributed by atoms with Crippen LogP contribution in [0.5, 0.6) is 0 Å². The number of anilines is 1. The van der Waals surface area contributed by atoms with Crippen molar-refractivity contribution in [1.29, 1.82) is 0 Å². The molecular weight excluding hydrogens is 533 g/mol. The lowest BCUT2D eigenvalue weighted by Gasteiger charge is -2.10. The maximum Gasteiger partial charge on any atom is 0.362 e. The average Bonchev–Trinajstić information content (AvgIpc) is 3.37. The fourth-order valence-electron chi connectivity index (χ4n) is 3.63. The Labute approximate surface area is 225 Å². The molecule has 2 aromatic carbocycles. The first-order valence-electron chi connectivity index (χ1n) is 11.8. The predicted molar refractivity (Wildman–Crippen MR) is 141 cm³/mol. The number of hydrogen-bond acceptors (Lipinski definition) is 7. The fourth-order valence-corrected chi connectivity index (χ4v) is 3.89. The lowest BCUT2D eigenvalue weighted by Crippen LogP contribution is -2.28. The number of H-pyrrole nitrogens is 1. The zero-order chi connectivity index (χ0) is 28.1. The number of ether oxygens (including phenoxy) is 2. The van der Waals surface area contributed by atoms with Crippen molar-refractivity contribution in [3.05, 3.63) is 86.8 Å². The molecule has 0 atom stereocenters. The average molecular weight is 556 g/mol. The normalized spacial score (nSPS) is 10.8. The Kier molecular flexibility index (Phi) is 8.25. The molecule has 2 amide bonds. The van der Waals surface area contributed by atoms with Crippen LogP contribution in [0.15, 0.2) is 53.6 Å². The molecule has 0 saturated heterocycles. The summed E-state index contributed by atoms with van der Waals surface area (Å²) in [4.78, 5) is 55.0. The van der Waals surface area contributed by atoms with Crippen LogP contribution in [-0.2, 0) is 16.0 Å². The summed E-state index contributed by atoms with van der Waals surface area (Å²) in [5, 5.41) is 5.32. The molecule has 2 heterocycles. The number of carbonyl (C=O) groups excluding carboxylic acids is 3.